The van der Waals surface area contributed by atoms with E-state index in [2.05, 4.69) is 0 Å². The molecular weight excluding hydrogens is 461 g/mol. The Bertz CT molecular complexity index is 107. The number of rotatable bonds is 2. The lowest BCUT2D eigenvalue weighted by Crippen LogP contribution is -2.19. The fourth-order valence-corrected chi connectivity index (χ4v) is 0.680. The normalized spacial score (nSPS) is 11.1. The van der Waals surface area contributed by atoms with Crippen LogP contribution in [0.2, 0.25) is 0 Å². The van der Waals surface area contributed by atoms with Crippen molar-refractivity contribution in [2.24, 2.45) is 0 Å². The molecule has 0 N–H and O–H groups in total. The first-order valence-corrected chi connectivity index (χ1v) is 5.46. The van der Waals surface area contributed by atoms with Gasteiger partial charge in [0.15, 0.2) is 0 Å². The van der Waals surface area contributed by atoms with Crippen molar-refractivity contribution in [2.75, 3.05) is 6.61 Å². The number of esters is 1. The van der Waals surface area contributed by atoms with Crippen LogP contribution in [0.15, 0.2) is 0 Å². The average molecular weight is 466 g/mol. The van der Waals surface area contributed by atoms with Gasteiger partial charge in [0.1, 0.15) is 0 Å². The summed E-state index contributed by atoms with van der Waals surface area (Å²) >= 11 is 6.07. The van der Waals surface area contributed by atoms with Gasteiger partial charge in [0.2, 0.25) is -0.565 Å². The van der Waals surface area contributed by atoms with Gasteiger partial charge in [-0.1, -0.05) is 0 Å². The summed E-state index contributed by atoms with van der Waals surface area (Å²) in [6.07, 6.45) is 0. The minimum Gasteiger partial charge on any atom is -0.464 e. The molecule has 0 fully saturated rings. The Morgan fingerprint density at radius 2 is 2.00 bits per heavy atom. The smallest absolute Gasteiger partial charge is 0.342 e. The van der Waals surface area contributed by atoms with Crippen molar-refractivity contribution in [3.05, 3.63) is 0 Å². The molecule has 0 heterocycles. The van der Waals surface area contributed by atoms with E-state index in [1.165, 1.54) is 0 Å². The molecule has 5 heteroatoms. The van der Waals surface area contributed by atoms with Gasteiger partial charge < -0.3 is 4.74 Å². The van der Waals surface area contributed by atoms with Crippen molar-refractivity contribution in [3.8, 4) is 0 Å². The first-order chi connectivity index (χ1) is 3.98. The van der Waals surface area contributed by atoms with Crippen molar-refractivity contribution < 1.29 is 9.53 Å². The standard InChI is InChI=1S/C4H5I3O2/c1-2-9-3(8)4(5,6)7/h2H2,1H3. The maximum Gasteiger partial charge on any atom is 0.342 e. The highest BCUT2D eigenvalue weighted by atomic mass is 127. The van der Waals surface area contributed by atoms with Gasteiger partial charge in [-0.05, 0) is 74.7 Å². The van der Waals surface area contributed by atoms with Crippen LogP contribution in [0.1, 0.15) is 6.92 Å². The summed E-state index contributed by atoms with van der Waals surface area (Å²) in [6, 6.07) is 0. The van der Waals surface area contributed by atoms with Crippen molar-refractivity contribution in [2.45, 2.75) is 6.36 Å². The molecule has 0 spiro atoms. The molecule has 0 aromatic heterocycles. The molecule has 54 valence electrons. The summed E-state index contributed by atoms with van der Waals surface area (Å²) in [5.74, 6) is -0.174. The van der Waals surface area contributed by atoms with E-state index in [-0.39, 0.29) is 5.97 Å². The quantitative estimate of drug-likeness (QED) is 0.356. The molecule has 0 radical (unpaired) electrons. The van der Waals surface area contributed by atoms with Crippen molar-refractivity contribution >= 4 is 73.7 Å². The van der Waals surface area contributed by atoms with Gasteiger partial charge in [0.25, 0.3) is 0 Å². The van der Waals surface area contributed by atoms with Crippen LogP contribution in [0.5, 0.6) is 0 Å². The van der Waals surface area contributed by atoms with Crippen LogP contribution in [-0.4, -0.2) is 12.0 Å². The Hall–Kier alpha value is 1.66. The first kappa shape index (κ1) is 10.7. The third-order valence-electron chi connectivity index (χ3n) is 0.507. The molecule has 0 rings (SSSR count). The zero-order valence-corrected chi connectivity index (χ0v) is 11.1. The van der Waals surface area contributed by atoms with Crippen LogP contribution in [-0.2, 0) is 9.53 Å². The molecule has 0 saturated carbocycles. The van der Waals surface area contributed by atoms with Gasteiger partial charge in [-0.3, -0.25) is 0 Å². The van der Waals surface area contributed by atoms with Crippen molar-refractivity contribution in [1.82, 2.24) is 0 Å². The highest BCUT2D eigenvalue weighted by Crippen LogP contribution is 2.36. The van der Waals surface area contributed by atoms with Crippen molar-refractivity contribution in [3.63, 3.8) is 0 Å². The van der Waals surface area contributed by atoms with Gasteiger partial charge in [0, 0.05) is 0 Å². The number of ether oxygens (including phenoxy) is 1. The van der Waals surface area contributed by atoms with Crippen molar-refractivity contribution in [1.29, 1.82) is 0 Å². The fraction of sp³-hybridized carbons (Fsp3) is 0.750. The Morgan fingerprint density at radius 3 is 2.11 bits per heavy atom. The minimum absolute atomic E-state index is 0.174. The summed E-state index contributed by atoms with van der Waals surface area (Å²) in [5, 5.41) is 0. The highest BCUT2D eigenvalue weighted by Gasteiger charge is 2.29. The zero-order chi connectivity index (χ0) is 7.49. The lowest BCUT2D eigenvalue weighted by Gasteiger charge is -2.09. The molecule has 9 heavy (non-hydrogen) atoms. The monoisotopic (exact) mass is 466 g/mol. The fourth-order valence-electron chi connectivity index (χ4n) is 0.213. The average Bonchev–Trinajstić information content (AvgIpc) is 1.64. The number of alkyl halides is 3. The molecule has 0 aromatic rings. The van der Waals surface area contributed by atoms with E-state index in [9.17, 15) is 4.79 Å². The SMILES string of the molecule is CCOC(=O)C(I)(I)I. The second-order valence-electron chi connectivity index (χ2n) is 1.22. The van der Waals surface area contributed by atoms with Crippen LogP contribution in [0.4, 0.5) is 0 Å². The molecule has 0 bridgehead atoms. The number of hydrogen-bond donors (Lipinski definition) is 0. The first-order valence-electron chi connectivity index (χ1n) is 2.22. The molecule has 0 aromatic carbocycles. The van der Waals surface area contributed by atoms with E-state index in [0.717, 1.165) is 0 Å². The molecule has 0 aliphatic rings. The maximum atomic E-state index is 10.8. The summed E-state index contributed by atoms with van der Waals surface area (Å²) in [6.45, 7) is 2.25. The van der Waals surface area contributed by atoms with E-state index >= 15 is 0 Å². The largest absolute Gasteiger partial charge is 0.464 e. The third kappa shape index (κ3) is 4.99. The number of hydrogen-bond acceptors (Lipinski definition) is 2. The third-order valence-corrected chi connectivity index (χ3v) is 1.83. The van der Waals surface area contributed by atoms with Crippen LogP contribution in [0.3, 0.4) is 0 Å². The Kier molecular flexibility index (Phi) is 5.35. The highest BCUT2D eigenvalue weighted by molar-refractivity contribution is 14.3. The van der Waals surface area contributed by atoms with E-state index in [1.54, 1.807) is 6.92 Å². The zero-order valence-electron chi connectivity index (χ0n) is 4.66. The maximum absolute atomic E-state index is 10.8. The lowest BCUT2D eigenvalue weighted by molar-refractivity contribution is -0.140. The Balaban J connectivity index is 3.74. The van der Waals surface area contributed by atoms with Crippen LogP contribution >= 0.6 is 67.8 Å². The summed E-state index contributed by atoms with van der Waals surface area (Å²) in [7, 11) is 0. The number of carbonyl (C=O) groups is 1. The van der Waals surface area contributed by atoms with Gasteiger partial charge in [-0.15, -0.1) is 0 Å². The molecule has 0 unspecified atom stereocenters. The Morgan fingerprint density at radius 1 is 1.56 bits per heavy atom. The summed E-state index contributed by atoms with van der Waals surface area (Å²) < 4.78 is 4.30. The van der Waals surface area contributed by atoms with Crippen LogP contribution in [0.25, 0.3) is 0 Å². The molecule has 0 saturated heterocycles. The predicted molar refractivity (Wildman–Crippen MR) is 61.4 cm³/mol. The summed E-state index contributed by atoms with van der Waals surface area (Å²) in [5.41, 5.74) is 0. The predicted octanol–water partition coefficient (Wildman–Crippen LogP) is 2.51. The van der Waals surface area contributed by atoms with Crippen LogP contribution < -0.4 is 0 Å². The molecule has 0 aliphatic heterocycles. The van der Waals surface area contributed by atoms with E-state index in [0.29, 0.717) is 6.61 Å². The molecule has 2 nitrogen and oxygen atoms in total. The molecular formula is C4H5I3O2. The van der Waals surface area contributed by atoms with E-state index < -0.39 is -0.565 Å². The van der Waals surface area contributed by atoms with E-state index in [1.807, 2.05) is 67.8 Å². The second kappa shape index (κ2) is 4.52. The lowest BCUT2D eigenvalue weighted by atomic mass is 10.8. The van der Waals surface area contributed by atoms with Gasteiger partial charge in [-0.2, -0.15) is 0 Å². The molecule has 0 aliphatic carbocycles. The van der Waals surface area contributed by atoms with E-state index in [4.69, 9.17) is 4.74 Å². The van der Waals surface area contributed by atoms with Gasteiger partial charge >= 0.3 is 5.97 Å². The summed E-state index contributed by atoms with van der Waals surface area (Å²) in [4.78, 5) is 10.8. The molecule has 0 atom stereocenters. The number of halogens is 3. The van der Waals surface area contributed by atoms with Gasteiger partial charge in [0.05, 0.1) is 6.61 Å². The Labute approximate surface area is 94.9 Å². The topological polar surface area (TPSA) is 26.3 Å². The number of carbonyl (C=O) groups excluding carboxylic acids is 1. The van der Waals surface area contributed by atoms with Gasteiger partial charge in [-0.25, -0.2) is 4.79 Å². The minimum atomic E-state index is -0.441. The second-order valence-corrected chi connectivity index (χ2v) is 12.3. The molecule has 0 amide bonds. The van der Waals surface area contributed by atoms with Crippen LogP contribution in [0, 0.1) is 0 Å².